The number of rotatable bonds is 8. The van der Waals surface area contributed by atoms with E-state index < -0.39 is 0 Å². The van der Waals surface area contributed by atoms with Crippen LogP contribution in [0.15, 0.2) is 36.5 Å². The first kappa shape index (κ1) is 21.9. The molecular formula is C23H33N5O2. The van der Waals surface area contributed by atoms with Gasteiger partial charge in [0.2, 0.25) is 11.9 Å². The first-order valence-corrected chi connectivity index (χ1v) is 10.6. The number of anilines is 2. The molecule has 1 aromatic carbocycles. The highest BCUT2D eigenvalue weighted by Crippen LogP contribution is 2.26. The van der Waals surface area contributed by atoms with Crippen LogP contribution < -0.4 is 14.5 Å². The molecule has 1 aliphatic heterocycles. The van der Waals surface area contributed by atoms with Crippen LogP contribution in [0.3, 0.4) is 0 Å². The Labute approximate surface area is 179 Å². The third kappa shape index (κ3) is 5.40. The number of nitrogens with zero attached hydrogens (tertiary/aromatic N) is 5. The van der Waals surface area contributed by atoms with Crippen molar-refractivity contribution < 1.29 is 9.53 Å². The number of carbonyl (C=O) groups is 1. The molecular weight excluding hydrogens is 378 g/mol. The highest BCUT2D eigenvalue weighted by molar-refractivity contribution is 5.76. The van der Waals surface area contributed by atoms with E-state index in [2.05, 4.69) is 40.8 Å². The van der Waals surface area contributed by atoms with Crippen molar-refractivity contribution in [2.24, 2.45) is 0 Å². The number of aromatic nitrogens is 2. The van der Waals surface area contributed by atoms with E-state index in [-0.39, 0.29) is 17.9 Å². The summed E-state index contributed by atoms with van der Waals surface area (Å²) < 4.78 is 6.21. The third-order valence-electron chi connectivity index (χ3n) is 5.64. The molecule has 0 spiro atoms. The zero-order valence-electron chi connectivity index (χ0n) is 18.7. The summed E-state index contributed by atoms with van der Waals surface area (Å²) in [4.78, 5) is 26.9. The molecule has 7 heteroatoms. The second kappa shape index (κ2) is 9.78. The van der Waals surface area contributed by atoms with E-state index in [1.807, 2.05) is 36.3 Å². The zero-order valence-corrected chi connectivity index (χ0v) is 18.7. The van der Waals surface area contributed by atoms with Crippen molar-refractivity contribution in [3.05, 3.63) is 42.1 Å². The Morgan fingerprint density at radius 3 is 2.63 bits per heavy atom. The number of benzene rings is 1. The molecule has 3 rings (SSSR count). The Morgan fingerprint density at radius 2 is 1.97 bits per heavy atom. The van der Waals surface area contributed by atoms with E-state index in [0.29, 0.717) is 6.42 Å². The lowest BCUT2D eigenvalue weighted by molar-refractivity contribution is -0.129. The third-order valence-corrected chi connectivity index (χ3v) is 5.64. The van der Waals surface area contributed by atoms with E-state index in [1.54, 1.807) is 19.0 Å². The number of ether oxygens (including phenoxy) is 1. The molecule has 1 unspecified atom stereocenters. The van der Waals surface area contributed by atoms with Crippen LogP contribution in [-0.4, -0.2) is 67.7 Å². The summed E-state index contributed by atoms with van der Waals surface area (Å²) in [5.41, 5.74) is 1.15. The van der Waals surface area contributed by atoms with Gasteiger partial charge in [-0.05, 0) is 36.6 Å². The van der Waals surface area contributed by atoms with Crippen LogP contribution in [0.1, 0.15) is 38.2 Å². The van der Waals surface area contributed by atoms with Crippen molar-refractivity contribution in [2.75, 3.05) is 50.6 Å². The second-order valence-corrected chi connectivity index (χ2v) is 8.17. The maximum absolute atomic E-state index is 11.9. The number of hydrogen-bond donors (Lipinski definition) is 0. The summed E-state index contributed by atoms with van der Waals surface area (Å²) in [6, 6.07) is 10.1. The number of amides is 1. The minimum absolute atomic E-state index is 0.130. The zero-order chi connectivity index (χ0) is 21.7. The van der Waals surface area contributed by atoms with Gasteiger partial charge in [-0.25, -0.2) is 4.98 Å². The monoisotopic (exact) mass is 411 g/mol. The summed E-state index contributed by atoms with van der Waals surface area (Å²) in [7, 11) is 5.58. The molecule has 2 heterocycles. The quantitative estimate of drug-likeness (QED) is 0.665. The first-order valence-electron chi connectivity index (χ1n) is 10.6. The Hall–Kier alpha value is -2.83. The van der Waals surface area contributed by atoms with Gasteiger partial charge < -0.3 is 19.4 Å². The van der Waals surface area contributed by atoms with Gasteiger partial charge >= 0.3 is 0 Å². The van der Waals surface area contributed by atoms with Gasteiger partial charge in [-0.3, -0.25) is 4.79 Å². The van der Waals surface area contributed by atoms with Gasteiger partial charge in [0.1, 0.15) is 17.7 Å². The highest BCUT2D eigenvalue weighted by atomic mass is 16.5. The summed E-state index contributed by atoms with van der Waals surface area (Å²) in [6.07, 6.45) is 3.42. The standard InChI is InChI=1S/C23H33N5O2/c1-6-27(5)23-24-13-11-21(25-23)28-14-12-20(16-28)30-19-9-7-18(8-10-19)17(2)15-22(29)26(3)4/h7-11,13,17,20H,6,12,14-16H2,1-5H3/t17-,20?/m1/s1. The predicted molar refractivity (Wildman–Crippen MR) is 120 cm³/mol. The SMILES string of the molecule is CCN(C)c1nccc(N2CCC(Oc3ccc([C@H](C)CC(=O)N(C)C)cc3)C2)n1. The molecule has 7 nitrogen and oxygen atoms in total. The summed E-state index contributed by atoms with van der Waals surface area (Å²) in [5, 5.41) is 0. The van der Waals surface area contributed by atoms with Crippen LogP contribution in [-0.2, 0) is 4.79 Å². The topological polar surface area (TPSA) is 61.8 Å². The highest BCUT2D eigenvalue weighted by Gasteiger charge is 2.25. The fourth-order valence-electron chi connectivity index (χ4n) is 3.50. The van der Waals surface area contributed by atoms with Crippen LogP contribution in [0, 0.1) is 0 Å². The lowest BCUT2D eigenvalue weighted by Crippen LogP contribution is -2.26. The van der Waals surface area contributed by atoms with Crippen molar-refractivity contribution in [3.63, 3.8) is 0 Å². The van der Waals surface area contributed by atoms with Crippen LogP contribution in [0.5, 0.6) is 5.75 Å². The van der Waals surface area contributed by atoms with Crippen molar-refractivity contribution in [3.8, 4) is 5.75 Å². The Morgan fingerprint density at radius 1 is 1.23 bits per heavy atom. The lowest BCUT2D eigenvalue weighted by atomic mass is 9.97. The molecule has 2 aromatic rings. The van der Waals surface area contributed by atoms with Gasteiger partial charge in [-0.2, -0.15) is 4.98 Å². The van der Waals surface area contributed by atoms with Gasteiger partial charge in [-0.1, -0.05) is 19.1 Å². The Kier molecular flexibility index (Phi) is 7.13. The molecule has 1 aliphatic rings. The van der Waals surface area contributed by atoms with Crippen LogP contribution in [0.25, 0.3) is 0 Å². The molecule has 0 bridgehead atoms. The van der Waals surface area contributed by atoms with Gasteiger partial charge in [0.15, 0.2) is 0 Å². The van der Waals surface area contributed by atoms with Gasteiger partial charge in [0, 0.05) is 53.3 Å². The average molecular weight is 412 g/mol. The summed E-state index contributed by atoms with van der Waals surface area (Å²) in [6.45, 7) is 6.76. The lowest BCUT2D eigenvalue weighted by Gasteiger charge is -2.20. The fraction of sp³-hybridized carbons (Fsp3) is 0.522. The minimum Gasteiger partial charge on any atom is -0.489 e. The van der Waals surface area contributed by atoms with Crippen LogP contribution >= 0.6 is 0 Å². The molecule has 0 N–H and O–H groups in total. The van der Waals surface area contributed by atoms with E-state index in [4.69, 9.17) is 4.74 Å². The van der Waals surface area contributed by atoms with Gasteiger partial charge in [0.25, 0.3) is 0 Å². The Bertz CT molecular complexity index is 840. The molecule has 30 heavy (non-hydrogen) atoms. The first-order chi connectivity index (χ1) is 14.4. The normalized spacial score (nSPS) is 17.0. The van der Waals surface area contributed by atoms with Crippen LogP contribution in [0.2, 0.25) is 0 Å². The molecule has 0 aliphatic carbocycles. The van der Waals surface area contributed by atoms with Crippen molar-refractivity contribution >= 4 is 17.7 Å². The second-order valence-electron chi connectivity index (χ2n) is 8.17. The molecule has 0 radical (unpaired) electrons. The molecule has 162 valence electrons. The molecule has 1 aromatic heterocycles. The molecule has 1 fully saturated rings. The van der Waals surface area contributed by atoms with Crippen molar-refractivity contribution in [2.45, 2.75) is 38.7 Å². The van der Waals surface area contributed by atoms with E-state index in [9.17, 15) is 4.79 Å². The van der Waals surface area contributed by atoms with E-state index >= 15 is 0 Å². The van der Waals surface area contributed by atoms with Gasteiger partial charge in [-0.15, -0.1) is 0 Å². The fourth-order valence-corrected chi connectivity index (χ4v) is 3.50. The van der Waals surface area contributed by atoms with Gasteiger partial charge in [0.05, 0.1) is 6.54 Å². The smallest absolute Gasteiger partial charge is 0.226 e. The summed E-state index contributed by atoms with van der Waals surface area (Å²) >= 11 is 0. The summed E-state index contributed by atoms with van der Waals surface area (Å²) in [5.74, 6) is 2.89. The maximum atomic E-state index is 11.9. The molecule has 0 saturated carbocycles. The molecule has 1 amide bonds. The van der Waals surface area contributed by atoms with Crippen molar-refractivity contribution in [1.29, 1.82) is 0 Å². The maximum Gasteiger partial charge on any atom is 0.226 e. The largest absolute Gasteiger partial charge is 0.489 e. The minimum atomic E-state index is 0.130. The molecule has 1 saturated heterocycles. The van der Waals surface area contributed by atoms with E-state index in [1.165, 1.54) is 0 Å². The predicted octanol–water partition coefficient (Wildman–Crippen LogP) is 3.17. The Balaban J connectivity index is 1.56. The average Bonchev–Trinajstić information content (AvgIpc) is 3.22. The van der Waals surface area contributed by atoms with E-state index in [0.717, 1.165) is 49.1 Å². The number of carbonyl (C=O) groups excluding carboxylic acids is 1. The van der Waals surface area contributed by atoms with Crippen LogP contribution in [0.4, 0.5) is 11.8 Å². The molecule has 2 atom stereocenters. The number of hydrogen-bond acceptors (Lipinski definition) is 6. The van der Waals surface area contributed by atoms with Crippen molar-refractivity contribution in [1.82, 2.24) is 14.9 Å².